The zero-order valence-electron chi connectivity index (χ0n) is 16.2. The summed E-state index contributed by atoms with van der Waals surface area (Å²) in [7, 11) is 0. The van der Waals surface area contributed by atoms with E-state index in [-0.39, 0.29) is 12.0 Å². The summed E-state index contributed by atoms with van der Waals surface area (Å²) in [5.41, 5.74) is 2.37. The largest absolute Gasteiger partial charge is 0.489 e. The lowest BCUT2D eigenvalue weighted by molar-refractivity contribution is -0.133. The molecule has 0 radical (unpaired) electrons. The molecule has 6 heteroatoms. The van der Waals surface area contributed by atoms with Crippen LogP contribution in [0.4, 0.5) is 0 Å². The first-order valence-corrected chi connectivity index (χ1v) is 10.3. The van der Waals surface area contributed by atoms with Crippen molar-refractivity contribution in [1.29, 1.82) is 0 Å². The molecule has 1 saturated heterocycles. The number of halogens is 1. The zero-order valence-corrected chi connectivity index (χ0v) is 16.9. The van der Waals surface area contributed by atoms with E-state index in [1.54, 1.807) is 0 Å². The Morgan fingerprint density at radius 1 is 1.21 bits per heavy atom. The smallest absolute Gasteiger partial charge is 0.236 e. The van der Waals surface area contributed by atoms with E-state index >= 15 is 0 Å². The predicted octanol–water partition coefficient (Wildman–Crippen LogP) is 3.72. The van der Waals surface area contributed by atoms with Gasteiger partial charge in [0.25, 0.3) is 0 Å². The van der Waals surface area contributed by atoms with Crippen LogP contribution in [0.15, 0.2) is 42.7 Å². The van der Waals surface area contributed by atoms with Crippen LogP contribution in [0.3, 0.4) is 0 Å². The SMILES string of the molecule is CC1CN(CC(=O)N2CCC(c3ccncc3)CC2)Cc2cc(Cl)ccc2O1. The highest BCUT2D eigenvalue weighted by Crippen LogP contribution is 2.29. The second kappa shape index (κ2) is 8.50. The topological polar surface area (TPSA) is 45.7 Å². The van der Waals surface area contributed by atoms with Crippen molar-refractivity contribution in [3.05, 3.63) is 58.9 Å². The van der Waals surface area contributed by atoms with Gasteiger partial charge in [0.1, 0.15) is 11.9 Å². The fourth-order valence-electron chi connectivity index (χ4n) is 4.22. The van der Waals surface area contributed by atoms with Crippen molar-refractivity contribution in [2.75, 3.05) is 26.2 Å². The van der Waals surface area contributed by atoms with Gasteiger partial charge < -0.3 is 9.64 Å². The van der Waals surface area contributed by atoms with Crippen molar-refractivity contribution in [3.8, 4) is 5.75 Å². The Bertz CT molecular complexity index is 822. The van der Waals surface area contributed by atoms with Crippen LogP contribution in [-0.2, 0) is 11.3 Å². The van der Waals surface area contributed by atoms with Crippen LogP contribution >= 0.6 is 11.6 Å². The van der Waals surface area contributed by atoms with Gasteiger partial charge in [-0.1, -0.05) is 11.6 Å². The molecule has 0 bridgehead atoms. The number of amides is 1. The van der Waals surface area contributed by atoms with Gasteiger partial charge in [0.15, 0.2) is 0 Å². The van der Waals surface area contributed by atoms with Crippen LogP contribution in [-0.4, -0.2) is 53.0 Å². The van der Waals surface area contributed by atoms with E-state index in [2.05, 4.69) is 22.0 Å². The Kier molecular flexibility index (Phi) is 5.83. The van der Waals surface area contributed by atoms with Crippen LogP contribution in [0, 0.1) is 0 Å². The number of fused-ring (bicyclic) bond motifs is 1. The summed E-state index contributed by atoms with van der Waals surface area (Å²) < 4.78 is 6.00. The predicted molar refractivity (Wildman–Crippen MR) is 110 cm³/mol. The molecule has 2 aliphatic heterocycles. The Morgan fingerprint density at radius 3 is 2.71 bits per heavy atom. The second-order valence-corrected chi connectivity index (χ2v) is 8.22. The standard InChI is InChI=1S/C22H26ClN3O2/c1-16-13-25(14-19-12-20(23)2-3-21(19)28-16)15-22(27)26-10-6-18(7-11-26)17-4-8-24-9-5-17/h2-5,8-9,12,16,18H,6-7,10-11,13-15H2,1H3. The number of carbonyl (C=O) groups is 1. The molecule has 2 aliphatic rings. The van der Waals surface area contributed by atoms with E-state index in [1.807, 2.05) is 42.4 Å². The van der Waals surface area contributed by atoms with E-state index in [0.717, 1.165) is 43.8 Å². The van der Waals surface area contributed by atoms with E-state index in [4.69, 9.17) is 16.3 Å². The van der Waals surface area contributed by atoms with Crippen molar-refractivity contribution < 1.29 is 9.53 Å². The Morgan fingerprint density at radius 2 is 1.96 bits per heavy atom. The van der Waals surface area contributed by atoms with Crippen LogP contribution in [0.25, 0.3) is 0 Å². The van der Waals surface area contributed by atoms with Gasteiger partial charge in [-0.3, -0.25) is 14.7 Å². The summed E-state index contributed by atoms with van der Waals surface area (Å²) in [4.78, 5) is 21.2. The van der Waals surface area contributed by atoms with Crippen LogP contribution in [0.1, 0.15) is 36.8 Å². The van der Waals surface area contributed by atoms with Crippen molar-refractivity contribution in [3.63, 3.8) is 0 Å². The summed E-state index contributed by atoms with van der Waals surface area (Å²) in [6.45, 7) is 5.49. The van der Waals surface area contributed by atoms with Crippen LogP contribution in [0.5, 0.6) is 5.75 Å². The third-order valence-corrected chi connectivity index (χ3v) is 5.88. The van der Waals surface area contributed by atoms with Gasteiger partial charge in [-0.05, 0) is 61.6 Å². The summed E-state index contributed by atoms with van der Waals surface area (Å²) in [6, 6.07) is 9.88. The highest BCUT2D eigenvalue weighted by Gasteiger charge is 2.27. The lowest BCUT2D eigenvalue weighted by atomic mass is 9.90. The van der Waals surface area contributed by atoms with Crippen molar-refractivity contribution in [2.24, 2.45) is 0 Å². The molecule has 2 aromatic rings. The van der Waals surface area contributed by atoms with E-state index in [9.17, 15) is 4.79 Å². The third-order valence-electron chi connectivity index (χ3n) is 5.64. The fourth-order valence-corrected chi connectivity index (χ4v) is 4.41. The fraction of sp³-hybridized carbons (Fsp3) is 0.455. The first-order chi connectivity index (χ1) is 13.6. The molecule has 1 fully saturated rings. The maximum atomic E-state index is 12.9. The Balaban J connectivity index is 1.36. The van der Waals surface area contributed by atoms with Crippen molar-refractivity contribution in [2.45, 2.75) is 38.3 Å². The number of carbonyl (C=O) groups excluding carboxylic acids is 1. The minimum absolute atomic E-state index is 0.0349. The zero-order chi connectivity index (χ0) is 19.5. The maximum Gasteiger partial charge on any atom is 0.236 e. The van der Waals surface area contributed by atoms with Gasteiger partial charge >= 0.3 is 0 Å². The minimum Gasteiger partial charge on any atom is -0.489 e. The number of hydrogen-bond acceptors (Lipinski definition) is 4. The Labute approximate surface area is 171 Å². The molecule has 148 valence electrons. The number of ether oxygens (including phenoxy) is 1. The Hall–Kier alpha value is -2.11. The van der Waals surface area contributed by atoms with Crippen LogP contribution < -0.4 is 4.74 Å². The minimum atomic E-state index is 0.0349. The maximum absolute atomic E-state index is 12.9. The molecule has 0 N–H and O–H groups in total. The van der Waals surface area contributed by atoms with Crippen molar-refractivity contribution >= 4 is 17.5 Å². The van der Waals surface area contributed by atoms with Gasteiger partial charge in [-0.15, -0.1) is 0 Å². The average molecular weight is 400 g/mol. The summed E-state index contributed by atoms with van der Waals surface area (Å²) >= 11 is 6.15. The highest BCUT2D eigenvalue weighted by molar-refractivity contribution is 6.30. The van der Waals surface area contributed by atoms with Gasteiger partial charge in [0, 0.05) is 49.2 Å². The number of aromatic nitrogens is 1. The first-order valence-electron chi connectivity index (χ1n) is 9.93. The summed E-state index contributed by atoms with van der Waals surface area (Å²) in [5, 5.41) is 0.696. The molecule has 1 aromatic carbocycles. The summed E-state index contributed by atoms with van der Waals surface area (Å²) in [6.07, 6.45) is 5.74. The molecule has 1 aromatic heterocycles. The third kappa shape index (κ3) is 4.47. The van der Waals surface area contributed by atoms with Gasteiger partial charge in [-0.2, -0.15) is 0 Å². The molecule has 0 spiro atoms. The van der Waals surface area contributed by atoms with E-state index in [1.165, 1.54) is 5.56 Å². The molecule has 3 heterocycles. The van der Waals surface area contributed by atoms with Gasteiger partial charge in [-0.25, -0.2) is 0 Å². The molecule has 1 atom stereocenters. The average Bonchev–Trinajstić information content (AvgIpc) is 2.85. The molecule has 1 amide bonds. The number of hydrogen-bond donors (Lipinski definition) is 0. The molecular formula is C22H26ClN3O2. The molecule has 1 unspecified atom stereocenters. The monoisotopic (exact) mass is 399 g/mol. The number of rotatable bonds is 3. The number of pyridine rings is 1. The molecule has 5 nitrogen and oxygen atoms in total. The highest BCUT2D eigenvalue weighted by atomic mass is 35.5. The van der Waals surface area contributed by atoms with Gasteiger partial charge in [0.05, 0.1) is 6.54 Å². The normalized spacial score (nSPS) is 20.9. The first kappa shape index (κ1) is 19.2. The summed E-state index contributed by atoms with van der Waals surface area (Å²) in [5.74, 6) is 1.59. The van der Waals surface area contributed by atoms with Crippen LogP contribution in [0.2, 0.25) is 5.02 Å². The van der Waals surface area contributed by atoms with E-state index < -0.39 is 0 Å². The van der Waals surface area contributed by atoms with Gasteiger partial charge in [0.2, 0.25) is 5.91 Å². The second-order valence-electron chi connectivity index (χ2n) is 7.79. The lowest BCUT2D eigenvalue weighted by Gasteiger charge is -2.33. The number of nitrogens with zero attached hydrogens (tertiary/aromatic N) is 3. The van der Waals surface area contributed by atoms with E-state index in [0.29, 0.717) is 24.0 Å². The number of likely N-dealkylation sites (tertiary alicyclic amines) is 1. The van der Waals surface area contributed by atoms with Crippen molar-refractivity contribution in [1.82, 2.24) is 14.8 Å². The number of benzene rings is 1. The number of piperidine rings is 1. The molecule has 0 saturated carbocycles. The molecular weight excluding hydrogens is 374 g/mol. The quantitative estimate of drug-likeness (QED) is 0.789. The molecule has 0 aliphatic carbocycles. The molecule has 4 rings (SSSR count). The lowest BCUT2D eigenvalue weighted by Crippen LogP contribution is -2.45. The molecule has 28 heavy (non-hydrogen) atoms.